The second-order valence-electron chi connectivity index (χ2n) is 8.45. The molecule has 5 nitrogen and oxygen atoms in total. The lowest BCUT2D eigenvalue weighted by Gasteiger charge is -2.43. The fourth-order valence-electron chi connectivity index (χ4n) is 4.27. The first kappa shape index (κ1) is 20.6. The van der Waals surface area contributed by atoms with Crippen LogP contribution in [0.1, 0.15) is 27.2 Å². The molecule has 1 fully saturated rings. The molecule has 0 spiro atoms. The van der Waals surface area contributed by atoms with Crippen LogP contribution in [0.4, 0.5) is 4.79 Å². The van der Waals surface area contributed by atoms with E-state index in [4.69, 9.17) is 4.43 Å². The van der Waals surface area contributed by atoms with Gasteiger partial charge >= 0.3 is 6.09 Å². The quantitative estimate of drug-likeness (QED) is 0.759. The smallest absolute Gasteiger partial charge is 0.407 e. The number of benzene rings is 2. The number of carboxylic acid groups (broad SMARTS) is 1. The minimum absolute atomic E-state index is 0.143. The van der Waals surface area contributed by atoms with Crippen molar-refractivity contribution >= 4 is 24.8 Å². The predicted molar refractivity (Wildman–Crippen MR) is 113 cm³/mol. The molecule has 2 aromatic carbocycles. The molecule has 1 saturated heterocycles. The van der Waals surface area contributed by atoms with Gasteiger partial charge in [-0.3, -0.25) is 0 Å². The van der Waals surface area contributed by atoms with Crippen LogP contribution >= 0.6 is 0 Å². The largest absolute Gasteiger partial charge is 0.465 e. The van der Waals surface area contributed by atoms with Gasteiger partial charge in [0.15, 0.2) is 0 Å². The topological polar surface area (TPSA) is 70.0 Å². The number of hydrogen-bond donors (Lipinski definition) is 2. The van der Waals surface area contributed by atoms with Gasteiger partial charge in [0, 0.05) is 0 Å². The lowest BCUT2D eigenvalue weighted by molar-refractivity contribution is 0.118. The molecule has 150 valence electrons. The maximum absolute atomic E-state index is 11.6. The van der Waals surface area contributed by atoms with Gasteiger partial charge in [0.05, 0.1) is 25.3 Å². The third-order valence-electron chi connectivity index (χ3n) is 5.55. The zero-order valence-electron chi connectivity index (χ0n) is 16.7. The summed E-state index contributed by atoms with van der Waals surface area (Å²) in [7, 11) is -2.70. The first-order valence-corrected chi connectivity index (χ1v) is 11.6. The summed E-state index contributed by atoms with van der Waals surface area (Å²) in [6, 6.07) is 20.2. The van der Waals surface area contributed by atoms with Crippen LogP contribution in [-0.4, -0.2) is 54.8 Å². The van der Waals surface area contributed by atoms with Gasteiger partial charge in [0.1, 0.15) is 0 Å². The van der Waals surface area contributed by atoms with Crippen LogP contribution in [0.15, 0.2) is 60.7 Å². The van der Waals surface area contributed by atoms with E-state index in [0.29, 0.717) is 6.42 Å². The highest BCUT2D eigenvalue weighted by molar-refractivity contribution is 6.99. The van der Waals surface area contributed by atoms with Crippen molar-refractivity contribution in [3.05, 3.63) is 60.7 Å². The third kappa shape index (κ3) is 3.85. The van der Waals surface area contributed by atoms with Crippen LogP contribution < -0.4 is 10.4 Å². The Bertz CT molecular complexity index is 752. The Balaban J connectivity index is 2.03. The van der Waals surface area contributed by atoms with Gasteiger partial charge in [-0.1, -0.05) is 81.4 Å². The predicted octanol–water partition coefficient (Wildman–Crippen LogP) is 2.68. The van der Waals surface area contributed by atoms with Gasteiger partial charge in [0.2, 0.25) is 0 Å². The minimum Gasteiger partial charge on any atom is -0.465 e. The molecule has 0 radical (unpaired) electrons. The van der Waals surface area contributed by atoms with E-state index in [1.165, 1.54) is 4.90 Å². The van der Waals surface area contributed by atoms with E-state index in [0.717, 1.165) is 10.4 Å². The monoisotopic (exact) mass is 399 g/mol. The maximum Gasteiger partial charge on any atom is 0.407 e. The number of amides is 1. The second-order valence-corrected chi connectivity index (χ2v) is 12.8. The van der Waals surface area contributed by atoms with E-state index >= 15 is 0 Å². The Kier molecular flexibility index (Phi) is 5.93. The normalized spacial score (nSPS) is 20.4. The van der Waals surface area contributed by atoms with Crippen LogP contribution in [0.3, 0.4) is 0 Å². The molecule has 0 bridgehead atoms. The number of carbonyl (C=O) groups is 1. The molecular weight excluding hydrogens is 370 g/mol. The van der Waals surface area contributed by atoms with Crippen molar-refractivity contribution in [3.8, 4) is 0 Å². The molecule has 6 heteroatoms. The third-order valence-corrected chi connectivity index (χ3v) is 10.6. The van der Waals surface area contributed by atoms with E-state index in [-0.39, 0.29) is 24.2 Å². The molecule has 2 atom stereocenters. The summed E-state index contributed by atoms with van der Waals surface area (Å²) in [6.07, 6.45) is -1.23. The Hall–Kier alpha value is -2.15. The molecule has 3 rings (SSSR count). The minimum atomic E-state index is -2.70. The van der Waals surface area contributed by atoms with E-state index in [1.807, 2.05) is 36.4 Å². The van der Waals surface area contributed by atoms with E-state index < -0.39 is 20.5 Å². The molecule has 2 aromatic rings. The van der Waals surface area contributed by atoms with Gasteiger partial charge in [-0.05, 0) is 21.8 Å². The highest BCUT2D eigenvalue weighted by Gasteiger charge is 2.51. The number of aliphatic hydroxyl groups is 1. The number of aliphatic hydroxyl groups excluding tert-OH is 1. The molecule has 0 saturated carbocycles. The SMILES string of the molecule is CC(C)(C)[Si](OCC1CC(O)CN1C(=O)O)(c1ccccc1)c1ccccc1. The van der Waals surface area contributed by atoms with Crippen molar-refractivity contribution in [2.75, 3.05) is 13.2 Å². The first-order valence-electron chi connectivity index (χ1n) is 9.68. The molecular formula is C22H29NO4Si. The van der Waals surface area contributed by atoms with Crippen LogP contribution in [0.25, 0.3) is 0 Å². The van der Waals surface area contributed by atoms with Crippen LogP contribution in [0.2, 0.25) is 5.04 Å². The average molecular weight is 400 g/mol. The zero-order valence-corrected chi connectivity index (χ0v) is 17.7. The fraction of sp³-hybridized carbons (Fsp3) is 0.409. The van der Waals surface area contributed by atoms with Gasteiger partial charge < -0.3 is 19.5 Å². The molecule has 2 unspecified atom stereocenters. The summed E-state index contributed by atoms with van der Waals surface area (Å²) in [6.45, 7) is 6.99. The molecule has 0 aromatic heterocycles. The molecule has 1 aliphatic heterocycles. The number of β-amino-alcohol motifs (C(OH)–C–C–N with tert-alkyl or cyclic N) is 1. The van der Waals surface area contributed by atoms with Gasteiger partial charge in [-0.15, -0.1) is 0 Å². The zero-order chi connectivity index (χ0) is 20.4. The Morgan fingerprint density at radius 2 is 1.57 bits per heavy atom. The Morgan fingerprint density at radius 1 is 1.07 bits per heavy atom. The second kappa shape index (κ2) is 8.07. The maximum atomic E-state index is 11.6. The van der Waals surface area contributed by atoms with Crippen molar-refractivity contribution in [2.24, 2.45) is 0 Å². The first-order chi connectivity index (χ1) is 13.3. The highest BCUT2D eigenvalue weighted by atomic mass is 28.4. The van der Waals surface area contributed by atoms with Crippen LogP contribution in [0.5, 0.6) is 0 Å². The standard InChI is InChI=1S/C22H29NO4Si/c1-22(2,3)28(19-10-6-4-7-11-19,20-12-8-5-9-13-20)27-16-17-14-18(24)15-23(17)21(25)26/h4-13,17-18,24H,14-16H2,1-3H3,(H,25,26). The van der Waals surface area contributed by atoms with Crippen molar-refractivity contribution in [1.29, 1.82) is 0 Å². The van der Waals surface area contributed by atoms with Crippen molar-refractivity contribution in [2.45, 2.75) is 44.4 Å². The average Bonchev–Trinajstić information content (AvgIpc) is 3.04. The molecule has 1 heterocycles. The summed E-state index contributed by atoms with van der Waals surface area (Å²) in [5.74, 6) is 0. The summed E-state index contributed by atoms with van der Waals surface area (Å²) >= 11 is 0. The van der Waals surface area contributed by atoms with E-state index in [1.54, 1.807) is 0 Å². The van der Waals surface area contributed by atoms with Gasteiger partial charge in [0.25, 0.3) is 8.32 Å². The van der Waals surface area contributed by atoms with Crippen molar-refractivity contribution in [3.63, 3.8) is 0 Å². The lowest BCUT2D eigenvalue weighted by atomic mass is 10.2. The number of rotatable bonds is 5. The number of hydrogen-bond acceptors (Lipinski definition) is 3. The number of likely N-dealkylation sites (tertiary alicyclic amines) is 1. The molecule has 28 heavy (non-hydrogen) atoms. The summed E-state index contributed by atoms with van der Waals surface area (Å²) in [4.78, 5) is 12.9. The fourth-order valence-corrected chi connectivity index (χ4v) is 8.86. The lowest BCUT2D eigenvalue weighted by Crippen LogP contribution is -2.67. The van der Waals surface area contributed by atoms with Gasteiger partial charge in [-0.2, -0.15) is 0 Å². The number of nitrogens with zero attached hydrogens (tertiary/aromatic N) is 1. The Labute approximate surface area is 167 Å². The molecule has 2 N–H and O–H groups in total. The van der Waals surface area contributed by atoms with Crippen LogP contribution in [0, 0.1) is 0 Å². The van der Waals surface area contributed by atoms with Crippen molar-refractivity contribution in [1.82, 2.24) is 4.90 Å². The van der Waals surface area contributed by atoms with Gasteiger partial charge in [-0.25, -0.2) is 4.79 Å². The summed E-state index contributed by atoms with van der Waals surface area (Å²) in [5.41, 5.74) is 0. The van der Waals surface area contributed by atoms with E-state index in [2.05, 4.69) is 45.0 Å². The molecule has 1 amide bonds. The molecule has 0 aliphatic carbocycles. The van der Waals surface area contributed by atoms with Crippen LogP contribution in [-0.2, 0) is 4.43 Å². The van der Waals surface area contributed by atoms with Crippen molar-refractivity contribution < 1.29 is 19.4 Å². The van der Waals surface area contributed by atoms with E-state index in [9.17, 15) is 15.0 Å². The Morgan fingerprint density at radius 3 is 2.00 bits per heavy atom. The molecule has 1 aliphatic rings. The summed E-state index contributed by atoms with van der Waals surface area (Å²) in [5, 5.41) is 21.6. The summed E-state index contributed by atoms with van der Waals surface area (Å²) < 4.78 is 6.80. The highest BCUT2D eigenvalue weighted by Crippen LogP contribution is 2.37.